The first-order valence-electron chi connectivity index (χ1n) is 5.87. The summed E-state index contributed by atoms with van der Waals surface area (Å²) in [5, 5.41) is 2.42. The molecule has 0 unspecified atom stereocenters. The second kappa shape index (κ2) is 6.16. The van der Waals surface area contributed by atoms with E-state index in [1.807, 2.05) is 18.2 Å². The van der Waals surface area contributed by atoms with Crippen LogP contribution in [0, 0.1) is 0 Å². The zero-order chi connectivity index (χ0) is 12.0. The molecule has 1 aromatic heterocycles. The summed E-state index contributed by atoms with van der Waals surface area (Å²) in [6.07, 6.45) is 12.3. The van der Waals surface area contributed by atoms with Crippen LogP contribution in [0.2, 0.25) is 0 Å². The molecule has 86 valence electrons. The lowest BCUT2D eigenvalue weighted by molar-refractivity contribution is 0.492. The fourth-order valence-electron chi connectivity index (χ4n) is 1.98. The van der Waals surface area contributed by atoms with Crippen molar-refractivity contribution in [2.24, 2.45) is 0 Å². The second-order valence-corrected chi connectivity index (χ2v) is 4.01. The summed E-state index contributed by atoms with van der Waals surface area (Å²) in [7, 11) is 0. The fourth-order valence-corrected chi connectivity index (χ4v) is 1.98. The van der Waals surface area contributed by atoms with Crippen LogP contribution in [0.5, 0.6) is 0 Å². The van der Waals surface area contributed by atoms with Gasteiger partial charge in [-0.15, -0.1) is 0 Å². The van der Waals surface area contributed by atoms with Gasteiger partial charge in [-0.05, 0) is 30.7 Å². The number of allylic oxidation sites excluding steroid dienone is 2. The van der Waals surface area contributed by atoms with E-state index in [9.17, 15) is 0 Å². The van der Waals surface area contributed by atoms with Crippen molar-refractivity contribution in [3.63, 3.8) is 0 Å². The first kappa shape index (κ1) is 12.6. The Bertz CT molecular complexity index is 462. The molecule has 1 rings (SSSR count). The predicted octanol–water partition coefficient (Wildman–Crippen LogP) is 2.78. The highest BCUT2D eigenvalue weighted by Crippen LogP contribution is 2.08. The van der Waals surface area contributed by atoms with E-state index in [2.05, 4.69) is 49.9 Å². The van der Waals surface area contributed by atoms with Gasteiger partial charge in [0.05, 0.1) is 0 Å². The van der Waals surface area contributed by atoms with E-state index in [1.165, 1.54) is 23.4 Å². The Balaban J connectivity index is 3.31. The maximum atomic E-state index is 3.77. The van der Waals surface area contributed by atoms with Gasteiger partial charge in [-0.3, -0.25) is 0 Å². The molecule has 1 nitrogen and oxygen atoms in total. The Hall–Kier alpha value is -1.50. The highest BCUT2D eigenvalue weighted by Gasteiger charge is 2.03. The van der Waals surface area contributed by atoms with E-state index in [-0.39, 0.29) is 0 Å². The summed E-state index contributed by atoms with van der Waals surface area (Å²) in [6, 6.07) is 2.66. The van der Waals surface area contributed by atoms with Gasteiger partial charge in [0.2, 0.25) is 0 Å². The van der Waals surface area contributed by atoms with Gasteiger partial charge < -0.3 is 4.57 Å². The molecular weight excluding hydrogens is 194 g/mol. The highest BCUT2D eigenvalue weighted by molar-refractivity contribution is 5.41. The van der Waals surface area contributed by atoms with Gasteiger partial charge in [0, 0.05) is 17.6 Å². The third-order valence-corrected chi connectivity index (χ3v) is 2.74. The molecule has 0 fully saturated rings. The van der Waals surface area contributed by atoms with Crippen molar-refractivity contribution in [2.75, 3.05) is 0 Å². The summed E-state index contributed by atoms with van der Waals surface area (Å²) < 4.78 is 2.31. The van der Waals surface area contributed by atoms with Gasteiger partial charge in [-0.2, -0.15) is 0 Å². The van der Waals surface area contributed by atoms with Gasteiger partial charge in [0.25, 0.3) is 0 Å². The van der Waals surface area contributed by atoms with E-state index >= 15 is 0 Å². The molecule has 1 aromatic rings. The van der Waals surface area contributed by atoms with Gasteiger partial charge in [-0.1, -0.05) is 44.7 Å². The monoisotopic (exact) mass is 215 g/mol. The van der Waals surface area contributed by atoms with Crippen LogP contribution in [0.4, 0.5) is 0 Å². The predicted molar refractivity (Wildman–Crippen MR) is 72.6 cm³/mol. The summed E-state index contributed by atoms with van der Waals surface area (Å²) in [5.41, 5.74) is 0. The van der Waals surface area contributed by atoms with Gasteiger partial charge in [-0.25, -0.2) is 0 Å². The molecule has 1 heterocycles. The van der Waals surface area contributed by atoms with E-state index in [0.717, 1.165) is 0 Å². The summed E-state index contributed by atoms with van der Waals surface area (Å²) in [6.45, 7) is 12.0. The van der Waals surface area contributed by atoms with Crippen molar-refractivity contribution in [2.45, 2.75) is 32.7 Å². The third-order valence-electron chi connectivity index (χ3n) is 2.74. The quantitative estimate of drug-likeness (QED) is 0.712. The molecule has 0 spiro atoms. The molecule has 0 aromatic carbocycles. The SMILES string of the molecule is C=C/C=c1/ccn([C@H](C)CCC)/c1=C/C=C. The van der Waals surface area contributed by atoms with Crippen LogP contribution >= 0.6 is 0 Å². The second-order valence-electron chi connectivity index (χ2n) is 4.01. The lowest BCUT2D eigenvalue weighted by Crippen LogP contribution is -2.30. The van der Waals surface area contributed by atoms with E-state index in [0.29, 0.717) is 6.04 Å². The minimum Gasteiger partial charge on any atom is -0.345 e. The maximum absolute atomic E-state index is 3.77. The van der Waals surface area contributed by atoms with Crippen molar-refractivity contribution in [1.82, 2.24) is 4.57 Å². The number of hydrogen-bond donors (Lipinski definition) is 0. The molecule has 0 aliphatic rings. The Morgan fingerprint density at radius 2 is 2.00 bits per heavy atom. The zero-order valence-corrected chi connectivity index (χ0v) is 10.3. The lowest BCUT2D eigenvalue weighted by atomic mass is 10.2. The van der Waals surface area contributed by atoms with Crippen LogP contribution in [-0.4, -0.2) is 4.57 Å². The molecule has 1 heteroatoms. The Labute approximate surface area is 98.1 Å². The standard InChI is InChI=1S/C15H21N/c1-5-8-13(4)16-12-11-14(9-6-2)15(16)10-7-3/h6-7,9-13H,2-3,5,8H2,1,4H3/b14-9-,15-10+/t13-/m1/s1. The smallest absolute Gasteiger partial charge is 0.0482 e. The van der Waals surface area contributed by atoms with Gasteiger partial charge >= 0.3 is 0 Å². The largest absolute Gasteiger partial charge is 0.345 e. The number of hydrogen-bond acceptors (Lipinski definition) is 0. The molecule has 1 atom stereocenters. The number of aromatic nitrogens is 1. The van der Waals surface area contributed by atoms with Crippen molar-refractivity contribution < 1.29 is 0 Å². The molecule has 0 aliphatic carbocycles. The molecule has 0 saturated heterocycles. The molecule has 0 radical (unpaired) electrons. The van der Waals surface area contributed by atoms with E-state index in [4.69, 9.17) is 0 Å². The van der Waals surface area contributed by atoms with Gasteiger partial charge in [0.1, 0.15) is 0 Å². The molecule has 0 aliphatic heterocycles. The number of rotatable bonds is 5. The maximum Gasteiger partial charge on any atom is 0.0482 e. The lowest BCUT2D eigenvalue weighted by Gasteiger charge is -2.12. The topological polar surface area (TPSA) is 4.93 Å². The molecule has 16 heavy (non-hydrogen) atoms. The minimum absolute atomic E-state index is 0.531. The Morgan fingerprint density at radius 1 is 1.31 bits per heavy atom. The average molecular weight is 215 g/mol. The summed E-state index contributed by atoms with van der Waals surface area (Å²) in [4.78, 5) is 0. The third kappa shape index (κ3) is 2.75. The van der Waals surface area contributed by atoms with Crippen LogP contribution in [0.15, 0.2) is 37.6 Å². The first-order chi connectivity index (χ1) is 7.74. The summed E-state index contributed by atoms with van der Waals surface area (Å²) in [5.74, 6) is 0. The van der Waals surface area contributed by atoms with Crippen LogP contribution in [0.25, 0.3) is 12.2 Å². The summed E-state index contributed by atoms with van der Waals surface area (Å²) >= 11 is 0. The van der Waals surface area contributed by atoms with Gasteiger partial charge in [0.15, 0.2) is 0 Å². The average Bonchev–Trinajstić information content (AvgIpc) is 2.64. The first-order valence-corrected chi connectivity index (χ1v) is 5.87. The highest BCUT2D eigenvalue weighted by atomic mass is 15.0. The molecule has 0 saturated carbocycles. The van der Waals surface area contributed by atoms with Crippen molar-refractivity contribution in [3.05, 3.63) is 48.1 Å². The van der Waals surface area contributed by atoms with Crippen LogP contribution in [0.3, 0.4) is 0 Å². The van der Waals surface area contributed by atoms with Crippen LogP contribution in [0.1, 0.15) is 32.7 Å². The zero-order valence-electron chi connectivity index (χ0n) is 10.3. The Kier molecular flexibility index (Phi) is 4.84. The normalized spacial score (nSPS) is 15.1. The Morgan fingerprint density at radius 3 is 2.56 bits per heavy atom. The minimum atomic E-state index is 0.531. The molecule has 0 amide bonds. The van der Waals surface area contributed by atoms with Crippen molar-refractivity contribution >= 4 is 12.2 Å². The number of nitrogens with zero attached hydrogens (tertiary/aromatic N) is 1. The van der Waals surface area contributed by atoms with Crippen molar-refractivity contribution in [3.8, 4) is 0 Å². The van der Waals surface area contributed by atoms with E-state index < -0.39 is 0 Å². The van der Waals surface area contributed by atoms with Crippen molar-refractivity contribution in [1.29, 1.82) is 0 Å². The molecule has 0 N–H and O–H groups in total. The van der Waals surface area contributed by atoms with E-state index in [1.54, 1.807) is 0 Å². The fraction of sp³-hybridized carbons (Fsp3) is 0.333. The molecule has 0 bridgehead atoms. The van der Waals surface area contributed by atoms with Crippen LogP contribution < -0.4 is 10.6 Å². The molecular formula is C15H21N. The van der Waals surface area contributed by atoms with Crippen LogP contribution in [-0.2, 0) is 0 Å².